The van der Waals surface area contributed by atoms with Crippen LogP contribution in [-0.4, -0.2) is 30.1 Å². The third-order valence-electron chi connectivity index (χ3n) is 5.95. The summed E-state index contributed by atoms with van der Waals surface area (Å²) in [7, 11) is 0. The van der Waals surface area contributed by atoms with Crippen LogP contribution >= 0.6 is 0 Å². The number of rotatable bonds is 5. The zero-order chi connectivity index (χ0) is 22.1. The van der Waals surface area contributed by atoms with Gasteiger partial charge in [0.15, 0.2) is 5.78 Å². The lowest BCUT2D eigenvalue weighted by atomic mass is 9.88. The van der Waals surface area contributed by atoms with Crippen LogP contribution in [0.2, 0.25) is 0 Å². The highest BCUT2D eigenvalue weighted by atomic mass is 16.7. The number of aryl methyl sites for hydroxylation is 1. The van der Waals surface area contributed by atoms with Crippen molar-refractivity contribution in [1.82, 2.24) is 0 Å². The quantitative estimate of drug-likeness (QED) is 0.296. The summed E-state index contributed by atoms with van der Waals surface area (Å²) in [6.45, 7) is 8.13. The number of carbonyl (C=O) groups excluding carboxylic acids is 2. The third kappa shape index (κ3) is 3.83. The smallest absolute Gasteiger partial charge is 0.331 e. The van der Waals surface area contributed by atoms with E-state index in [0.717, 1.165) is 52.1 Å². The summed E-state index contributed by atoms with van der Waals surface area (Å²) in [6, 6.07) is 14.1. The van der Waals surface area contributed by atoms with Crippen molar-refractivity contribution in [3.63, 3.8) is 0 Å². The Labute approximate surface area is 182 Å². The van der Waals surface area contributed by atoms with Crippen LogP contribution in [0.25, 0.3) is 5.57 Å². The average Bonchev–Trinajstić information content (AvgIpc) is 3.09. The molecule has 0 saturated heterocycles. The van der Waals surface area contributed by atoms with Crippen LogP contribution in [0.4, 0.5) is 5.69 Å². The van der Waals surface area contributed by atoms with E-state index in [1.54, 1.807) is 0 Å². The van der Waals surface area contributed by atoms with Crippen LogP contribution in [0.15, 0.2) is 65.3 Å². The molecule has 1 aliphatic carbocycles. The Kier molecular flexibility index (Phi) is 5.59. The highest BCUT2D eigenvalue weighted by molar-refractivity contribution is 6.13. The maximum atomic E-state index is 13.2. The minimum Gasteiger partial charge on any atom is -0.364 e. The summed E-state index contributed by atoms with van der Waals surface area (Å²) in [5.41, 5.74) is 7.39. The zero-order valence-corrected chi connectivity index (χ0v) is 18.3. The Balaban J connectivity index is 1.73. The first-order valence-electron chi connectivity index (χ1n) is 10.6. The molecule has 5 nitrogen and oxygen atoms in total. The Morgan fingerprint density at radius 2 is 1.94 bits per heavy atom. The van der Waals surface area contributed by atoms with E-state index in [2.05, 4.69) is 35.2 Å². The van der Waals surface area contributed by atoms with E-state index >= 15 is 0 Å². The van der Waals surface area contributed by atoms with E-state index < -0.39 is 5.97 Å². The maximum Gasteiger partial charge on any atom is 0.331 e. The number of anilines is 1. The summed E-state index contributed by atoms with van der Waals surface area (Å²) in [4.78, 5) is 31.5. The van der Waals surface area contributed by atoms with Gasteiger partial charge in [0.05, 0.1) is 11.8 Å². The minimum absolute atomic E-state index is 0.0595. The standard InChI is InChI=1S/C26H26N2O3/c1-5-28-24-12-10-19(17(3)27-31-18(4)29)14-22(24)23-15-20(11-13-25(23)28)26(30)21-9-7-6-8-16(21)2/h6-12,14-15,25H,5,13H2,1-4H3/b27-17+. The number of oxime groups is 1. The molecule has 0 fully saturated rings. The van der Waals surface area contributed by atoms with Crippen LogP contribution in [0, 0.1) is 6.92 Å². The van der Waals surface area contributed by atoms with E-state index in [1.807, 2.05) is 50.3 Å². The van der Waals surface area contributed by atoms with Crippen LogP contribution in [-0.2, 0) is 9.63 Å². The fourth-order valence-corrected chi connectivity index (χ4v) is 4.37. The Hall–Kier alpha value is -3.47. The monoisotopic (exact) mass is 414 g/mol. The molecule has 4 rings (SSSR count). The molecule has 0 aromatic heterocycles. The lowest BCUT2D eigenvalue weighted by Gasteiger charge is -2.28. The predicted molar refractivity (Wildman–Crippen MR) is 123 cm³/mol. The molecule has 0 bridgehead atoms. The fourth-order valence-electron chi connectivity index (χ4n) is 4.37. The van der Waals surface area contributed by atoms with E-state index in [1.165, 1.54) is 6.92 Å². The number of nitrogens with zero attached hydrogens (tertiary/aromatic N) is 2. The summed E-state index contributed by atoms with van der Waals surface area (Å²) >= 11 is 0. The van der Waals surface area contributed by atoms with Gasteiger partial charge in [-0.25, -0.2) is 4.79 Å². The topological polar surface area (TPSA) is 59.0 Å². The van der Waals surface area contributed by atoms with Gasteiger partial charge < -0.3 is 9.74 Å². The molecule has 31 heavy (non-hydrogen) atoms. The number of hydrogen-bond donors (Lipinski definition) is 0. The van der Waals surface area contributed by atoms with E-state index in [-0.39, 0.29) is 11.8 Å². The van der Waals surface area contributed by atoms with Crippen molar-refractivity contribution < 1.29 is 14.4 Å². The molecule has 1 unspecified atom stereocenters. The van der Waals surface area contributed by atoms with Gasteiger partial charge >= 0.3 is 5.97 Å². The molecule has 0 saturated carbocycles. The lowest BCUT2D eigenvalue weighted by molar-refractivity contribution is -0.140. The highest BCUT2D eigenvalue weighted by Gasteiger charge is 2.35. The summed E-state index contributed by atoms with van der Waals surface area (Å²) < 4.78 is 0. The Morgan fingerprint density at radius 1 is 1.16 bits per heavy atom. The van der Waals surface area contributed by atoms with Crippen LogP contribution < -0.4 is 4.90 Å². The van der Waals surface area contributed by atoms with Crippen LogP contribution in [0.1, 0.15) is 54.2 Å². The number of benzene rings is 2. The molecule has 2 aliphatic rings. The maximum absolute atomic E-state index is 13.2. The fraction of sp³-hybridized carbons (Fsp3) is 0.269. The first-order chi connectivity index (χ1) is 14.9. The van der Waals surface area contributed by atoms with Gasteiger partial charge in [0.25, 0.3) is 0 Å². The molecule has 2 aromatic carbocycles. The molecule has 2 aromatic rings. The predicted octanol–water partition coefficient (Wildman–Crippen LogP) is 5.09. The number of ketones is 1. The number of hydrogen-bond acceptors (Lipinski definition) is 5. The molecule has 5 heteroatoms. The highest BCUT2D eigenvalue weighted by Crippen LogP contribution is 2.44. The van der Waals surface area contributed by atoms with Gasteiger partial charge in [-0.1, -0.05) is 41.6 Å². The Bertz CT molecular complexity index is 1160. The first kappa shape index (κ1) is 20.8. The summed E-state index contributed by atoms with van der Waals surface area (Å²) in [5, 5.41) is 3.92. The molecule has 1 aliphatic heterocycles. The molecule has 1 atom stereocenters. The van der Waals surface area contributed by atoms with Crippen molar-refractivity contribution in [1.29, 1.82) is 0 Å². The number of carbonyl (C=O) groups is 2. The van der Waals surface area contributed by atoms with Gasteiger partial charge in [-0.3, -0.25) is 4.79 Å². The van der Waals surface area contributed by atoms with E-state index in [0.29, 0.717) is 5.71 Å². The summed E-state index contributed by atoms with van der Waals surface area (Å²) in [5.74, 6) is -0.387. The van der Waals surface area contributed by atoms with Crippen molar-refractivity contribution >= 4 is 28.7 Å². The summed E-state index contributed by atoms with van der Waals surface area (Å²) in [6.07, 6.45) is 4.89. The minimum atomic E-state index is -0.447. The first-order valence-corrected chi connectivity index (χ1v) is 10.6. The average molecular weight is 415 g/mol. The molecule has 0 N–H and O–H groups in total. The number of Topliss-reactive ketones (excluding diaryl/α,β-unsaturated/α-hetero) is 1. The third-order valence-corrected chi connectivity index (χ3v) is 5.95. The van der Waals surface area contributed by atoms with E-state index in [4.69, 9.17) is 4.84 Å². The molecule has 0 amide bonds. The van der Waals surface area contributed by atoms with Crippen molar-refractivity contribution in [2.45, 2.75) is 40.2 Å². The second-order valence-corrected chi connectivity index (χ2v) is 7.93. The van der Waals surface area contributed by atoms with Gasteiger partial charge in [0.1, 0.15) is 0 Å². The van der Waals surface area contributed by atoms with Gasteiger partial charge in [0, 0.05) is 35.9 Å². The Morgan fingerprint density at radius 3 is 2.65 bits per heavy atom. The number of fused-ring (bicyclic) bond motifs is 3. The van der Waals surface area contributed by atoms with Gasteiger partial charge in [-0.15, -0.1) is 0 Å². The van der Waals surface area contributed by atoms with Crippen molar-refractivity contribution in [3.05, 3.63) is 82.4 Å². The van der Waals surface area contributed by atoms with Crippen LogP contribution in [0.3, 0.4) is 0 Å². The second-order valence-electron chi connectivity index (χ2n) is 7.93. The number of likely N-dealkylation sites (N-methyl/N-ethyl adjacent to an activating group) is 1. The van der Waals surface area contributed by atoms with Crippen molar-refractivity contribution in [2.75, 3.05) is 11.4 Å². The molecule has 0 radical (unpaired) electrons. The normalized spacial score (nSPS) is 17.5. The number of allylic oxidation sites excluding steroid dienone is 2. The van der Waals surface area contributed by atoms with Gasteiger partial charge in [-0.2, -0.15) is 0 Å². The zero-order valence-electron chi connectivity index (χ0n) is 18.3. The molecule has 158 valence electrons. The van der Waals surface area contributed by atoms with Gasteiger partial charge in [0.2, 0.25) is 0 Å². The lowest BCUT2D eigenvalue weighted by Crippen LogP contribution is -2.32. The van der Waals surface area contributed by atoms with Crippen LogP contribution in [0.5, 0.6) is 0 Å². The van der Waals surface area contributed by atoms with Crippen molar-refractivity contribution in [3.8, 4) is 0 Å². The van der Waals surface area contributed by atoms with Crippen molar-refractivity contribution in [2.24, 2.45) is 5.16 Å². The SMILES string of the molecule is CCN1c2ccc(/C(C)=N/OC(C)=O)cc2C2=CC(C(=O)c3ccccc3C)=CCC21. The van der Waals surface area contributed by atoms with E-state index in [9.17, 15) is 9.59 Å². The van der Waals surface area contributed by atoms with Gasteiger partial charge in [-0.05, 0) is 62.1 Å². The largest absolute Gasteiger partial charge is 0.364 e. The molecule has 1 heterocycles. The molecule has 0 spiro atoms. The molecular weight excluding hydrogens is 388 g/mol. The molecular formula is C26H26N2O3. The second kappa shape index (κ2) is 8.34.